The molecule has 0 amide bonds. The quantitative estimate of drug-likeness (QED) is 0.0421. The standard InChI is InChI=1S/C26H56P2.C18H40P2.C12H28P2.C11H24P.3C10H22P.2C9H20P.C8H18P.C7H16P/c1-5-9-11-13-15-17-21-27(19-7-3)23-25-28(20-8-4,26-24-27)22-18-16-14-12-10-6-2;1-5-9-13-19(11-7-3)15-17-20(12-8-4,18-16-19)14-10-6-2;1-5-13(6-2)9-11-14(7-3,8-4)12-10-13;1-3-8-12(9-4-2)10-6-5-7-11-12;1-3-4-8-11(2)9-6-5-7-10-11;1-3-8-11(4-2)9-6-5-7-10-11;1-3-7-11(8-4-2)9-5-6-10-11;1-3-4-7-10(2)8-5-6-9-10;1-3-7-10(4-2)8-5-6-9-10;1-3-9(2)7-5-4-6-8-9;1-3-8(2)6-4-5-7-8/h5-26H2,1-4H3;5-18H2,1-4H3;5-12H2,1-4H3;3-11H2,1-2H3;3*3-10H2,1-2H3;2*3-9H2,1-2H3;3-8H2,1-2H3;3-7H2,1-2H3/q3*+2;8*+1. The fourth-order valence-corrected chi connectivity index (χ4v) is 98.2. The number of rotatable bonds is 54. The summed E-state index contributed by atoms with van der Waals surface area (Å²) in [4.78, 5) is 0. The molecule has 0 aliphatic carbocycles. The summed E-state index contributed by atoms with van der Waals surface area (Å²) in [7, 11) is -5.84. The van der Waals surface area contributed by atoms with Gasteiger partial charge in [0, 0.05) is 128 Å². The van der Waals surface area contributed by atoms with Crippen LogP contribution in [0.2, 0.25) is 0 Å². The maximum Gasteiger partial charge on any atom is 0.0930 e. The van der Waals surface area contributed by atoms with Gasteiger partial charge in [0.05, 0.1) is 320 Å². The van der Waals surface area contributed by atoms with Crippen LogP contribution in [0.3, 0.4) is 0 Å². The van der Waals surface area contributed by atoms with Crippen LogP contribution in [-0.2, 0) is 0 Å². The molecule has 0 aromatic rings. The summed E-state index contributed by atoms with van der Waals surface area (Å²) in [5.41, 5.74) is 0. The van der Waals surface area contributed by atoms with Crippen molar-refractivity contribution in [2.45, 2.75) is 487 Å². The van der Waals surface area contributed by atoms with Crippen molar-refractivity contribution in [2.24, 2.45) is 0 Å². The zero-order valence-electron chi connectivity index (χ0n) is 106. The van der Waals surface area contributed by atoms with E-state index >= 15 is 0 Å². The Morgan fingerprint density at radius 1 is 0.0972 bits per heavy atom. The lowest BCUT2D eigenvalue weighted by Crippen LogP contribution is -2.28. The van der Waals surface area contributed by atoms with Crippen molar-refractivity contribution in [1.29, 1.82) is 0 Å². The van der Waals surface area contributed by atoms with Gasteiger partial charge in [0.25, 0.3) is 0 Å². The smallest absolute Gasteiger partial charge is 0.0654 e. The highest BCUT2D eigenvalue weighted by Crippen LogP contribution is 2.77. The van der Waals surface area contributed by atoms with Crippen LogP contribution in [0.5, 0.6) is 0 Å². The van der Waals surface area contributed by atoms with E-state index in [9.17, 15) is 0 Å². The first-order valence-electron chi connectivity index (χ1n) is 67.2. The molecule has 11 heterocycles. The van der Waals surface area contributed by atoms with Gasteiger partial charge in [-0.1, -0.05) is 188 Å². The van der Waals surface area contributed by atoms with Crippen molar-refractivity contribution >= 4 is 102 Å². The maximum atomic E-state index is 2.60. The van der Waals surface area contributed by atoms with Crippen molar-refractivity contribution < 1.29 is 0 Å². The van der Waals surface area contributed by atoms with Gasteiger partial charge in [-0.05, 0) is 299 Å². The molecule has 11 aliphatic rings. The topological polar surface area (TPSA) is 0 Å². The Labute approximate surface area is 928 Å². The molecular formula is C130H288P14+14. The normalized spacial score (nSPS) is 25.1. The largest absolute Gasteiger partial charge is 0.0930 e. The highest BCUT2D eigenvalue weighted by Gasteiger charge is 2.54. The second-order valence-electron chi connectivity index (χ2n) is 52.3. The molecular weight excluding hydrogens is 2000 g/mol. The fourth-order valence-electron chi connectivity index (χ4n) is 29.2. The first-order chi connectivity index (χ1) is 69.4. The van der Waals surface area contributed by atoms with Crippen LogP contribution < -0.4 is 0 Å². The van der Waals surface area contributed by atoms with Crippen molar-refractivity contribution in [3.63, 3.8) is 0 Å². The first kappa shape index (κ1) is 148. The second kappa shape index (κ2) is 88.6. The Kier molecular flexibility index (Phi) is 91.0. The van der Waals surface area contributed by atoms with E-state index in [-0.39, 0.29) is 50.8 Å². The minimum Gasteiger partial charge on any atom is -0.0654 e. The molecule has 14 heteroatoms. The third-order valence-electron chi connectivity index (χ3n) is 40.5. The molecule has 11 rings (SSSR count). The lowest BCUT2D eigenvalue weighted by atomic mass is 10.1. The monoisotopic (exact) mass is 2280 g/mol. The van der Waals surface area contributed by atoms with E-state index in [0.717, 1.165) is 0 Å². The van der Waals surface area contributed by atoms with E-state index in [1.54, 1.807) is 335 Å². The van der Waals surface area contributed by atoms with Gasteiger partial charge in [-0.25, -0.2) is 0 Å². The van der Waals surface area contributed by atoms with Gasteiger partial charge < -0.3 is 0 Å². The molecule has 864 valence electrons. The number of unbranched alkanes of at least 4 members (excludes halogenated alkanes) is 14. The molecule has 0 nitrogen and oxygen atoms in total. The molecule has 11 saturated heterocycles. The van der Waals surface area contributed by atoms with Gasteiger partial charge in [-0.15, -0.1) is 0 Å². The van der Waals surface area contributed by atoms with Crippen molar-refractivity contribution in [1.82, 2.24) is 0 Å². The molecule has 0 radical (unpaired) electrons. The van der Waals surface area contributed by atoms with E-state index in [2.05, 4.69) is 193 Å². The van der Waals surface area contributed by atoms with Crippen LogP contribution in [-0.4, -0.2) is 347 Å². The van der Waals surface area contributed by atoms with Crippen molar-refractivity contribution in [3.8, 4) is 0 Å². The summed E-state index contributed by atoms with van der Waals surface area (Å²) in [5.74, 6) is 0. The second-order valence-corrected chi connectivity index (χ2v) is 117. The predicted molar refractivity (Wildman–Crippen MR) is 741 cm³/mol. The van der Waals surface area contributed by atoms with Gasteiger partial charge in [-0.2, -0.15) is 0 Å². The molecule has 0 aromatic carbocycles. The minimum absolute atomic E-state index is 0.301. The van der Waals surface area contributed by atoms with Crippen molar-refractivity contribution in [2.75, 3.05) is 347 Å². The average molecular weight is 2290 g/mol. The van der Waals surface area contributed by atoms with E-state index in [1.165, 1.54) is 306 Å². The summed E-state index contributed by atoms with van der Waals surface area (Å²) >= 11 is 0. The number of hydrogen-bond donors (Lipinski definition) is 0. The zero-order valence-corrected chi connectivity index (χ0v) is 119. The van der Waals surface area contributed by atoms with Gasteiger partial charge >= 0.3 is 0 Å². The maximum absolute atomic E-state index is 2.60. The summed E-state index contributed by atoms with van der Waals surface area (Å²) in [6.07, 6.45) is 159. The molecule has 0 spiro atoms. The molecule has 0 saturated carbocycles. The van der Waals surface area contributed by atoms with Crippen LogP contribution in [0.25, 0.3) is 0 Å². The van der Waals surface area contributed by atoms with Crippen LogP contribution in [0.15, 0.2) is 0 Å². The fraction of sp³-hybridized carbons (Fsp3) is 1.00. The molecule has 0 N–H and O–H groups in total. The summed E-state index contributed by atoms with van der Waals surface area (Å²) in [6.45, 7) is 67.6. The molecule has 144 heavy (non-hydrogen) atoms. The van der Waals surface area contributed by atoms with Crippen LogP contribution in [0.4, 0.5) is 0 Å². The lowest BCUT2D eigenvalue weighted by molar-refractivity contribution is 0.624. The summed E-state index contributed by atoms with van der Waals surface area (Å²) in [6, 6.07) is 0. The molecule has 11 aliphatic heterocycles. The lowest BCUT2D eigenvalue weighted by Gasteiger charge is -2.38. The van der Waals surface area contributed by atoms with Gasteiger partial charge in [-0.3, -0.25) is 0 Å². The molecule has 0 unspecified atom stereocenters. The van der Waals surface area contributed by atoms with Crippen LogP contribution in [0.1, 0.15) is 487 Å². The van der Waals surface area contributed by atoms with Gasteiger partial charge in [0.2, 0.25) is 0 Å². The molecule has 0 aromatic heterocycles. The Balaban J connectivity index is 0.000000809. The van der Waals surface area contributed by atoms with E-state index in [0.29, 0.717) is 0 Å². The zero-order chi connectivity index (χ0) is 107. The third kappa shape index (κ3) is 62.6. The third-order valence-corrected chi connectivity index (χ3v) is 111. The first-order valence-corrected chi connectivity index (χ1v) is 104. The van der Waals surface area contributed by atoms with E-state index < -0.39 is 50.8 Å². The molecule has 11 fully saturated rings. The molecule has 0 atom stereocenters. The minimum atomic E-state index is -0.576. The van der Waals surface area contributed by atoms with Crippen LogP contribution in [0, 0.1) is 0 Å². The van der Waals surface area contributed by atoms with E-state index in [1.807, 2.05) is 0 Å². The van der Waals surface area contributed by atoms with Gasteiger partial charge in [0.1, 0.15) is 0 Å². The Bertz CT molecular complexity index is 2640. The average Bonchev–Trinajstić information content (AvgIpc) is 1.84. The SMILES string of the molecule is CCCCCCCC[P+]1(CCC)CC[P+](CCC)(CCCCCCCC)CC1.CCCC[P+]1(C)CCCC1.CCCC[P+]1(C)CCCCC1.CCCC[P+]1(CCC)CC[P+](CCC)(CCCC)CC1.CCC[P+]1(CC)CCCC1.CCC[P+]1(CC)CCCCC1.CCC[P+]1(CCC)CCCC1.CCC[P+]1(CCC)CCCCC1.CC[P+]1(C)CCCC1.CC[P+]1(C)CCCCC1.CC[P+]1(CC)CC[P+](CC)(CC)CC1. The highest BCUT2D eigenvalue weighted by atomic mass is 31.2. The van der Waals surface area contributed by atoms with Gasteiger partial charge in [0.15, 0.2) is 0 Å². The summed E-state index contributed by atoms with van der Waals surface area (Å²) < 4.78 is 0. The Hall–Kier alpha value is 6.02. The Morgan fingerprint density at radius 3 is 0.438 bits per heavy atom. The van der Waals surface area contributed by atoms with E-state index in [4.69, 9.17) is 0 Å². The number of hydrogen-bond acceptors (Lipinski definition) is 0. The highest BCUT2D eigenvalue weighted by molar-refractivity contribution is 7.85. The summed E-state index contributed by atoms with van der Waals surface area (Å²) in [5, 5.41) is 0. The molecule has 0 bridgehead atoms. The predicted octanol–water partition coefficient (Wildman–Crippen LogP) is 46.7. The Morgan fingerprint density at radius 2 is 0.243 bits per heavy atom. The van der Waals surface area contributed by atoms with Crippen molar-refractivity contribution in [3.05, 3.63) is 0 Å². The van der Waals surface area contributed by atoms with Crippen LogP contribution >= 0.6 is 102 Å².